The summed E-state index contributed by atoms with van der Waals surface area (Å²) in [6, 6.07) is 6.28. The second kappa shape index (κ2) is 8.00. The maximum absolute atomic E-state index is 12.1. The second-order valence-corrected chi connectivity index (χ2v) is 5.61. The zero-order valence-corrected chi connectivity index (χ0v) is 13.1. The summed E-state index contributed by atoms with van der Waals surface area (Å²) in [5.74, 6) is -0.645. The van der Waals surface area contributed by atoms with Crippen molar-refractivity contribution < 1.29 is 14.7 Å². The van der Waals surface area contributed by atoms with Gasteiger partial charge in [-0.2, -0.15) is 0 Å². The Morgan fingerprint density at radius 1 is 1.29 bits per heavy atom. The van der Waals surface area contributed by atoms with E-state index in [1.54, 1.807) is 24.3 Å². The van der Waals surface area contributed by atoms with Crippen LogP contribution in [0.4, 0.5) is 0 Å². The van der Waals surface area contributed by atoms with Crippen molar-refractivity contribution in [2.75, 3.05) is 6.54 Å². The number of hydrogen-bond acceptors (Lipinski definition) is 3. The quantitative estimate of drug-likeness (QED) is 0.747. The number of benzene rings is 1. The molecule has 0 aliphatic rings. The summed E-state index contributed by atoms with van der Waals surface area (Å²) in [7, 11) is 0. The summed E-state index contributed by atoms with van der Waals surface area (Å²) in [6.07, 6.45) is -0.896. The first-order valence-electron chi connectivity index (χ1n) is 6.80. The number of rotatable bonds is 6. The SMILES string of the molecule is CC(=O)NC(C(=O)NCC(O)c1ccccc1Cl)C(C)C. The summed E-state index contributed by atoms with van der Waals surface area (Å²) < 4.78 is 0. The monoisotopic (exact) mass is 312 g/mol. The molecule has 0 saturated carbocycles. The lowest BCUT2D eigenvalue weighted by Gasteiger charge is -2.22. The van der Waals surface area contributed by atoms with E-state index in [9.17, 15) is 14.7 Å². The molecule has 2 amide bonds. The molecule has 0 saturated heterocycles. The minimum atomic E-state index is -0.896. The summed E-state index contributed by atoms with van der Waals surface area (Å²) in [5, 5.41) is 15.7. The maximum Gasteiger partial charge on any atom is 0.242 e. The average molecular weight is 313 g/mol. The molecule has 0 fully saturated rings. The van der Waals surface area contributed by atoms with E-state index in [0.29, 0.717) is 10.6 Å². The highest BCUT2D eigenvalue weighted by atomic mass is 35.5. The van der Waals surface area contributed by atoms with Crippen molar-refractivity contribution in [3.8, 4) is 0 Å². The Balaban J connectivity index is 2.62. The highest BCUT2D eigenvalue weighted by Crippen LogP contribution is 2.21. The summed E-state index contributed by atoms with van der Waals surface area (Å²) >= 11 is 5.99. The molecule has 6 heteroatoms. The predicted octanol–water partition coefficient (Wildman–Crippen LogP) is 1.65. The number of hydrogen-bond donors (Lipinski definition) is 3. The van der Waals surface area contributed by atoms with Crippen molar-refractivity contribution >= 4 is 23.4 Å². The van der Waals surface area contributed by atoms with Gasteiger partial charge in [0.25, 0.3) is 0 Å². The van der Waals surface area contributed by atoms with E-state index in [-0.39, 0.29) is 24.3 Å². The Labute approximate surface area is 129 Å². The largest absolute Gasteiger partial charge is 0.387 e. The van der Waals surface area contributed by atoms with Gasteiger partial charge in [0.15, 0.2) is 0 Å². The van der Waals surface area contributed by atoms with Crippen LogP contribution in [0, 0.1) is 5.92 Å². The van der Waals surface area contributed by atoms with Gasteiger partial charge < -0.3 is 15.7 Å². The molecule has 0 bridgehead atoms. The lowest BCUT2D eigenvalue weighted by Crippen LogP contribution is -2.49. The van der Waals surface area contributed by atoms with Crippen molar-refractivity contribution in [3.63, 3.8) is 0 Å². The molecule has 2 atom stereocenters. The van der Waals surface area contributed by atoms with Crippen LogP contribution in [0.3, 0.4) is 0 Å². The number of nitrogens with one attached hydrogen (secondary N) is 2. The molecule has 0 aliphatic heterocycles. The van der Waals surface area contributed by atoms with E-state index in [1.165, 1.54) is 6.92 Å². The van der Waals surface area contributed by atoms with Gasteiger partial charge in [-0.05, 0) is 12.0 Å². The Kier molecular flexibility index (Phi) is 6.65. The molecule has 0 spiro atoms. The molecule has 0 aromatic heterocycles. The third-order valence-electron chi connectivity index (χ3n) is 3.04. The molecule has 1 aromatic rings. The summed E-state index contributed by atoms with van der Waals surface area (Å²) in [5.41, 5.74) is 0.556. The zero-order valence-electron chi connectivity index (χ0n) is 12.4. The topological polar surface area (TPSA) is 78.4 Å². The molecule has 0 aliphatic carbocycles. The minimum Gasteiger partial charge on any atom is -0.387 e. The van der Waals surface area contributed by atoms with E-state index in [4.69, 9.17) is 11.6 Å². The predicted molar refractivity (Wildman–Crippen MR) is 81.9 cm³/mol. The Hall–Kier alpha value is -1.59. The van der Waals surface area contributed by atoms with Crippen LogP contribution in [-0.2, 0) is 9.59 Å². The van der Waals surface area contributed by atoms with Gasteiger partial charge in [-0.15, -0.1) is 0 Å². The molecule has 21 heavy (non-hydrogen) atoms. The van der Waals surface area contributed by atoms with E-state index >= 15 is 0 Å². The fourth-order valence-corrected chi connectivity index (χ4v) is 2.18. The van der Waals surface area contributed by atoms with Crippen LogP contribution in [0.15, 0.2) is 24.3 Å². The van der Waals surface area contributed by atoms with Crippen LogP contribution in [0.1, 0.15) is 32.4 Å². The Morgan fingerprint density at radius 2 is 1.90 bits per heavy atom. The molecular weight excluding hydrogens is 292 g/mol. The Bertz CT molecular complexity index is 505. The molecule has 5 nitrogen and oxygen atoms in total. The fraction of sp³-hybridized carbons (Fsp3) is 0.467. The molecule has 3 N–H and O–H groups in total. The molecular formula is C15H21ClN2O3. The normalized spacial score (nSPS) is 13.6. The van der Waals surface area contributed by atoms with Crippen LogP contribution in [0.2, 0.25) is 5.02 Å². The minimum absolute atomic E-state index is 0.0331. The lowest BCUT2D eigenvalue weighted by atomic mass is 10.0. The van der Waals surface area contributed by atoms with Gasteiger partial charge in [-0.3, -0.25) is 9.59 Å². The molecule has 1 aromatic carbocycles. The van der Waals surface area contributed by atoms with Crippen molar-refractivity contribution in [1.82, 2.24) is 10.6 Å². The van der Waals surface area contributed by atoms with Gasteiger partial charge in [-0.1, -0.05) is 43.6 Å². The molecule has 116 valence electrons. The summed E-state index contributed by atoms with van der Waals surface area (Å²) in [6.45, 7) is 5.07. The van der Waals surface area contributed by atoms with E-state index in [2.05, 4.69) is 10.6 Å². The van der Waals surface area contributed by atoms with Gasteiger partial charge in [0.05, 0.1) is 6.10 Å². The molecule has 0 heterocycles. The number of carbonyl (C=O) groups is 2. The number of halogens is 1. The molecule has 0 radical (unpaired) electrons. The van der Waals surface area contributed by atoms with Crippen molar-refractivity contribution in [2.45, 2.75) is 32.9 Å². The van der Waals surface area contributed by atoms with Gasteiger partial charge >= 0.3 is 0 Å². The van der Waals surface area contributed by atoms with Crippen molar-refractivity contribution in [1.29, 1.82) is 0 Å². The van der Waals surface area contributed by atoms with Crippen LogP contribution in [0.25, 0.3) is 0 Å². The van der Waals surface area contributed by atoms with E-state index in [0.717, 1.165) is 0 Å². The van der Waals surface area contributed by atoms with Crippen LogP contribution >= 0.6 is 11.6 Å². The number of aliphatic hydroxyl groups is 1. The number of aliphatic hydroxyl groups excluding tert-OH is 1. The van der Waals surface area contributed by atoms with Crippen LogP contribution in [0.5, 0.6) is 0 Å². The van der Waals surface area contributed by atoms with E-state index in [1.807, 2.05) is 13.8 Å². The first kappa shape index (κ1) is 17.5. The van der Waals surface area contributed by atoms with Gasteiger partial charge in [0, 0.05) is 24.1 Å². The highest BCUT2D eigenvalue weighted by Gasteiger charge is 2.23. The average Bonchev–Trinajstić information content (AvgIpc) is 2.41. The fourth-order valence-electron chi connectivity index (χ4n) is 1.92. The van der Waals surface area contributed by atoms with Gasteiger partial charge in [-0.25, -0.2) is 0 Å². The second-order valence-electron chi connectivity index (χ2n) is 5.20. The van der Waals surface area contributed by atoms with E-state index < -0.39 is 12.1 Å². The number of amides is 2. The standard InChI is InChI=1S/C15H21ClN2O3/c1-9(2)14(18-10(3)19)15(21)17-8-13(20)11-6-4-5-7-12(11)16/h4-7,9,13-14,20H,8H2,1-3H3,(H,17,21)(H,18,19). The smallest absolute Gasteiger partial charge is 0.242 e. The molecule has 2 unspecified atom stereocenters. The van der Waals surface area contributed by atoms with Crippen LogP contribution in [-0.4, -0.2) is 29.5 Å². The third-order valence-corrected chi connectivity index (χ3v) is 3.39. The lowest BCUT2D eigenvalue weighted by molar-refractivity contribution is -0.129. The van der Waals surface area contributed by atoms with Gasteiger partial charge in [0.2, 0.25) is 11.8 Å². The third kappa shape index (κ3) is 5.36. The highest BCUT2D eigenvalue weighted by molar-refractivity contribution is 6.31. The summed E-state index contributed by atoms with van der Waals surface area (Å²) in [4.78, 5) is 23.2. The molecule has 1 rings (SSSR count). The maximum atomic E-state index is 12.1. The van der Waals surface area contributed by atoms with Crippen molar-refractivity contribution in [3.05, 3.63) is 34.9 Å². The first-order valence-corrected chi connectivity index (χ1v) is 7.18. The number of carbonyl (C=O) groups excluding carboxylic acids is 2. The van der Waals surface area contributed by atoms with Crippen LogP contribution < -0.4 is 10.6 Å². The van der Waals surface area contributed by atoms with Gasteiger partial charge in [0.1, 0.15) is 6.04 Å². The van der Waals surface area contributed by atoms with Crippen molar-refractivity contribution in [2.24, 2.45) is 5.92 Å². The first-order chi connectivity index (χ1) is 9.82. The Morgan fingerprint density at radius 3 is 2.43 bits per heavy atom. The zero-order chi connectivity index (χ0) is 16.0.